The van der Waals surface area contributed by atoms with Gasteiger partial charge in [-0.1, -0.05) is 193 Å². The predicted octanol–water partition coefficient (Wildman–Crippen LogP) is 8.32. The second-order valence-electron chi connectivity index (χ2n) is 16.2. The fraction of sp³-hybridized carbons (Fsp3) is 0.194. The summed E-state index contributed by atoms with van der Waals surface area (Å²) >= 11 is 7.40. The van der Waals surface area contributed by atoms with Crippen LogP contribution in [0.3, 0.4) is 0 Å². The van der Waals surface area contributed by atoms with Crippen molar-refractivity contribution in [2.45, 2.75) is 12.8 Å². The van der Waals surface area contributed by atoms with E-state index in [1.165, 1.54) is 10.3 Å². The molecule has 8 aromatic carbocycles. The van der Waals surface area contributed by atoms with Crippen molar-refractivity contribution in [1.29, 1.82) is 0 Å². The van der Waals surface area contributed by atoms with Gasteiger partial charge in [0.15, 0.2) is 0 Å². The number of benzene rings is 8. The van der Waals surface area contributed by atoms with Crippen LogP contribution in [0.1, 0.15) is 35.1 Å². The number of aromatic nitrogens is 2. The molecule has 0 fully saturated rings. The molecule has 0 aliphatic heterocycles. The first kappa shape index (κ1) is 72.3. The van der Waals surface area contributed by atoms with E-state index in [0.717, 1.165) is 96.3 Å². The molecule has 20 heteroatoms. The topological polar surface area (TPSA) is 277 Å². The summed E-state index contributed by atoms with van der Waals surface area (Å²) in [5, 5.41) is 94.1. The molecule has 4 N–H and O–H groups in total. The number of rotatable bonds is 18. The van der Waals surface area contributed by atoms with Crippen LogP contribution >= 0.6 is 24.4 Å². The van der Waals surface area contributed by atoms with Crippen LogP contribution in [0.25, 0.3) is 53.9 Å². The molecule has 9 rings (SSSR count). The molecule has 0 aliphatic rings. The first-order chi connectivity index (χ1) is 39.3. The van der Waals surface area contributed by atoms with E-state index in [9.17, 15) is 20.4 Å². The summed E-state index contributed by atoms with van der Waals surface area (Å²) in [4.78, 5) is 25.1. The number of aliphatic hydroxyl groups excluding tert-OH is 2. The Kier molecular flexibility index (Phi) is 39.6. The first-order valence-electron chi connectivity index (χ1n) is 25.1. The number of aliphatic hydroxyl groups is 2. The smallest absolute Gasteiger partial charge is 0.872 e. The SMILES string of the molecule is CO.CO.[Fe+4].[Fe+4].[N-]=C=S.[N-]=C=S.[O-]c1ccc2ccccc2c1C=NCCCNCCN=Cc1c([O-])ccc2ccccc12.[O-]c1ccc2ccccc2c1C=NCCCNCCN=Cc1c([O-])ccc2ccccc12.c1cnccn1. The molecule has 0 radical (unpaired) electrons. The van der Waals surface area contributed by atoms with Crippen molar-refractivity contribution >= 4 is 103 Å². The van der Waals surface area contributed by atoms with Crippen molar-refractivity contribution < 1.29 is 64.8 Å². The van der Waals surface area contributed by atoms with Gasteiger partial charge < -0.3 is 52.1 Å². The first-order valence-corrected chi connectivity index (χ1v) is 25.9. The van der Waals surface area contributed by atoms with Crippen molar-refractivity contribution in [3.05, 3.63) is 203 Å². The Morgan fingerprint density at radius 1 is 0.402 bits per heavy atom. The Bertz CT molecular complexity index is 3000. The number of fused-ring (bicyclic) bond motifs is 4. The third-order valence-corrected chi connectivity index (χ3v) is 11.2. The fourth-order valence-corrected chi connectivity index (χ4v) is 7.64. The molecule has 16 nitrogen and oxygen atoms in total. The van der Waals surface area contributed by atoms with Gasteiger partial charge in [0.05, 0.1) is 13.1 Å². The minimum atomic E-state index is -0.00861. The van der Waals surface area contributed by atoms with E-state index in [4.69, 9.17) is 21.0 Å². The van der Waals surface area contributed by atoms with Crippen molar-refractivity contribution in [2.75, 3.05) is 66.6 Å². The second-order valence-corrected chi connectivity index (χ2v) is 16.6. The van der Waals surface area contributed by atoms with Gasteiger partial charge in [-0.05, 0) is 91.3 Å². The Labute approximate surface area is 510 Å². The number of aliphatic imine (C=N–C) groups is 4. The minimum absolute atomic E-state index is 0. The molecular weight excluding hydrogens is 1160 g/mol. The average Bonchev–Trinajstić information content (AvgIpc) is 3.52. The van der Waals surface area contributed by atoms with Gasteiger partial charge in [-0.25, -0.2) is 0 Å². The van der Waals surface area contributed by atoms with Gasteiger partial charge in [0.2, 0.25) is 0 Å². The van der Waals surface area contributed by atoms with Crippen LogP contribution in [0.15, 0.2) is 190 Å². The molecule has 9 aromatic rings. The van der Waals surface area contributed by atoms with Gasteiger partial charge >= 0.3 is 34.1 Å². The third kappa shape index (κ3) is 25.4. The van der Waals surface area contributed by atoms with Crippen molar-refractivity contribution in [3.63, 3.8) is 0 Å². The van der Waals surface area contributed by atoms with Gasteiger partial charge in [-0.15, -0.1) is 0 Å². The van der Waals surface area contributed by atoms with E-state index in [-0.39, 0.29) is 57.1 Å². The molecule has 0 unspecified atom stereocenters. The summed E-state index contributed by atoms with van der Waals surface area (Å²) in [6.45, 7) is 5.58. The van der Waals surface area contributed by atoms with Crippen molar-refractivity contribution in [2.24, 2.45) is 20.0 Å². The van der Waals surface area contributed by atoms with Crippen LogP contribution in [0.4, 0.5) is 0 Å². The molecule has 0 saturated heterocycles. The summed E-state index contributed by atoms with van der Waals surface area (Å²) in [7, 11) is 2.00. The van der Waals surface area contributed by atoms with Gasteiger partial charge in [0.25, 0.3) is 0 Å². The Balaban J connectivity index is 0.000000637. The second kappa shape index (κ2) is 44.9. The van der Waals surface area contributed by atoms with E-state index < -0.39 is 0 Å². The van der Waals surface area contributed by atoms with Crippen LogP contribution < -0.4 is 31.1 Å². The van der Waals surface area contributed by atoms with Crippen LogP contribution in [0.2, 0.25) is 0 Å². The summed E-state index contributed by atoms with van der Waals surface area (Å²) in [5.41, 5.74) is 2.58. The quantitative estimate of drug-likeness (QED) is 0.0273. The van der Waals surface area contributed by atoms with Crippen LogP contribution in [-0.4, -0.2) is 122 Å². The van der Waals surface area contributed by atoms with Gasteiger partial charge in [0, 0.05) is 90.0 Å². The molecule has 1 aromatic heterocycles. The number of hydrogen-bond donors (Lipinski definition) is 4. The summed E-state index contributed by atoms with van der Waals surface area (Å²) in [6, 6.07) is 45.1. The summed E-state index contributed by atoms with van der Waals surface area (Å²) in [5.74, 6) is -0.0249. The van der Waals surface area contributed by atoms with E-state index in [1.54, 1.807) is 73.9 Å². The van der Waals surface area contributed by atoms with Gasteiger partial charge in [-0.3, -0.25) is 29.9 Å². The van der Waals surface area contributed by atoms with Gasteiger partial charge in [-0.2, -0.15) is 10.3 Å². The third-order valence-electron chi connectivity index (χ3n) is 11.2. The molecule has 422 valence electrons. The number of thiocarbonyl (C=S) groups is 2. The maximum atomic E-state index is 12.2. The van der Waals surface area contributed by atoms with E-state index >= 15 is 0 Å². The maximum absolute atomic E-state index is 12.2. The Hall–Kier alpha value is -7.76. The molecule has 0 aliphatic carbocycles. The van der Waals surface area contributed by atoms with Gasteiger partial charge in [0.1, 0.15) is 0 Å². The number of nitrogens with one attached hydrogen (secondary N) is 2. The van der Waals surface area contributed by atoms with E-state index in [0.29, 0.717) is 48.4 Å². The molecule has 0 amide bonds. The van der Waals surface area contributed by atoms with Crippen LogP contribution in [0, 0.1) is 0 Å². The Morgan fingerprint density at radius 2 is 0.634 bits per heavy atom. The van der Waals surface area contributed by atoms with Crippen LogP contribution in [0.5, 0.6) is 23.0 Å². The molecule has 0 atom stereocenters. The monoisotopic (exact) mass is 1220 g/mol. The molecule has 1 heterocycles. The normalized spacial score (nSPS) is 10.2. The molecule has 82 heavy (non-hydrogen) atoms. The van der Waals surface area contributed by atoms with Crippen molar-refractivity contribution in [3.8, 4) is 23.0 Å². The maximum Gasteiger partial charge on any atom is 4.00 e. The van der Waals surface area contributed by atoms with E-state index in [1.807, 2.05) is 121 Å². The molecule has 0 spiro atoms. The molecule has 0 bridgehead atoms. The van der Waals surface area contributed by atoms with E-state index in [2.05, 4.69) is 65.0 Å². The zero-order chi connectivity index (χ0) is 58.0. The predicted molar refractivity (Wildman–Crippen MR) is 329 cm³/mol. The largest absolute Gasteiger partial charge is 4.00 e. The van der Waals surface area contributed by atoms with Crippen LogP contribution in [-0.2, 0) is 34.1 Å². The van der Waals surface area contributed by atoms with Crippen molar-refractivity contribution in [1.82, 2.24) is 20.6 Å². The molecular formula is C62H62Fe2N10O6S2+2. The summed E-state index contributed by atoms with van der Waals surface area (Å²) in [6.07, 6.45) is 15.0. The fourth-order valence-electron chi connectivity index (χ4n) is 7.64. The average molecular weight is 1220 g/mol. The number of isothiocyanates is 2. The minimum Gasteiger partial charge on any atom is -0.872 e. The number of nitrogens with zero attached hydrogens (tertiary/aromatic N) is 8. The Morgan fingerprint density at radius 3 is 0.878 bits per heavy atom. The standard InChI is InChI=1S/2C27H27N3O2.C4H4N2.2CNS.2CH4O.2Fe/c2*31-26-12-10-20-6-1-3-8-22(20)24(26)18-29-15-5-14-28-16-17-30-19-25-23-9-4-2-7-21(23)11-13-27(25)32;1-2-6-4-3-5-1;2*2-1-3;2*1-2;;/h2*1-4,6-13,18-19,28,31-32H,5,14-17H2;1-4H;;;2*2H,1H3;;/q;;;2*-1;;;2*+4/p-4. The zero-order valence-corrected chi connectivity index (χ0v) is 49.0. The number of hydrogen-bond acceptors (Lipinski definition) is 16. The summed E-state index contributed by atoms with van der Waals surface area (Å²) < 4.78 is 0. The zero-order valence-electron chi connectivity index (χ0n) is 45.2. The molecule has 0 saturated carbocycles.